The maximum absolute atomic E-state index is 5.59. The highest BCUT2D eigenvalue weighted by atomic mass is 16.5. The van der Waals surface area contributed by atoms with E-state index in [0.717, 1.165) is 5.65 Å². The van der Waals surface area contributed by atoms with Gasteiger partial charge in [0.2, 0.25) is 0 Å². The normalized spacial score (nSPS) is 10.8. The molecule has 0 amide bonds. The minimum atomic E-state index is 0.418. The monoisotopic (exact) mass is 178 g/mol. The van der Waals surface area contributed by atoms with Crippen molar-refractivity contribution in [2.24, 2.45) is 0 Å². The molecule has 0 aliphatic heterocycles. The highest BCUT2D eigenvalue weighted by Gasteiger charge is 2.01. The van der Waals surface area contributed by atoms with Crippen LogP contribution in [0.25, 0.3) is 5.65 Å². The van der Waals surface area contributed by atoms with Gasteiger partial charge in [0.25, 0.3) is 0 Å². The number of hydrogen-bond acceptors (Lipinski definition) is 4. The first kappa shape index (κ1) is 8.00. The lowest BCUT2D eigenvalue weighted by molar-refractivity contribution is 0.178. The molecule has 0 unspecified atom stereocenters. The first-order valence-electron chi connectivity index (χ1n) is 3.89. The standard InChI is InChI=1S/C8H10N4O/c1-13-5-7-10-8-4-6(9)2-3-12(8)11-7/h2-4H,5,9H2,1H3. The van der Waals surface area contributed by atoms with E-state index in [2.05, 4.69) is 10.1 Å². The lowest BCUT2D eigenvalue weighted by atomic mass is 10.4. The van der Waals surface area contributed by atoms with Crippen LogP contribution in [-0.2, 0) is 11.3 Å². The van der Waals surface area contributed by atoms with Crippen molar-refractivity contribution in [1.82, 2.24) is 14.6 Å². The van der Waals surface area contributed by atoms with Crippen molar-refractivity contribution in [2.45, 2.75) is 6.61 Å². The van der Waals surface area contributed by atoms with Gasteiger partial charge >= 0.3 is 0 Å². The van der Waals surface area contributed by atoms with Gasteiger partial charge in [0.1, 0.15) is 6.61 Å². The van der Waals surface area contributed by atoms with Gasteiger partial charge in [-0.15, -0.1) is 5.10 Å². The summed E-state index contributed by atoms with van der Waals surface area (Å²) in [7, 11) is 1.61. The number of fused-ring (bicyclic) bond motifs is 1. The Morgan fingerprint density at radius 2 is 2.46 bits per heavy atom. The second-order valence-electron chi connectivity index (χ2n) is 2.72. The highest BCUT2D eigenvalue weighted by Crippen LogP contribution is 2.06. The lowest BCUT2D eigenvalue weighted by Crippen LogP contribution is -1.91. The summed E-state index contributed by atoms with van der Waals surface area (Å²) in [5, 5.41) is 4.17. The number of pyridine rings is 1. The molecule has 0 aliphatic rings. The van der Waals surface area contributed by atoms with Gasteiger partial charge in [0.05, 0.1) is 0 Å². The summed E-state index contributed by atoms with van der Waals surface area (Å²) < 4.78 is 6.59. The Balaban J connectivity index is 2.49. The molecule has 2 aromatic heterocycles. The van der Waals surface area contributed by atoms with E-state index in [0.29, 0.717) is 18.1 Å². The number of rotatable bonds is 2. The molecular formula is C8H10N4O. The van der Waals surface area contributed by atoms with Crippen LogP contribution in [-0.4, -0.2) is 21.7 Å². The molecule has 5 heteroatoms. The van der Waals surface area contributed by atoms with Crippen LogP contribution in [0.3, 0.4) is 0 Å². The van der Waals surface area contributed by atoms with E-state index in [4.69, 9.17) is 10.5 Å². The van der Waals surface area contributed by atoms with Gasteiger partial charge in [0, 0.05) is 25.1 Å². The second-order valence-corrected chi connectivity index (χ2v) is 2.72. The molecule has 2 aromatic rings. The predicted octanol–water partition coefficient (Wildman–Crippen LogP) is 0.458. The van der Waals surface area contributed by atoms with Crippen molar-refractivity contribution >= 4 is 11.3 Å². The predicted molar refractivity (Wildman–Crippen MR) is 48.1 cm³/mol. The molecule has 0 saturated heterocycles. The SMILES string of the molecule is COCc1nc2cc(N)ccn2n1. The Kier molecular flexibility index (Phi) is 1.86. The summed E-state index contributed by atoms with van der Waals surface area (Å²) in [5.41, 5.74) is 7.02. The van der Waals surface area contributed by atoms with Crippen LogP contribution < -0.4 is 5.73 Å². The number of ether oxygens (including phenoxy) is 1. The van der Waals surface area contributed by atoms with E-state index in [9.17, 15) is 0 Å². The molecule has 5 nitrogen and oxygen atoms in total. The first-order valence-corrected chi connectivity index (χ1v) is 3.89. The third kappa shape index (κ3) is 1.46. The number of nitrogens with two attached hydrogens (primary N) is 1. The minimum Gasteiger partial charge on any atom is -0.399 e. The summed E-state index contributed by atoms with van der Waals surface area (Å²) in [4.78, 5) is 4.21. The van der Waals surface area contributed by atoms with Gasteiger partial charge in [-0.25, -0.2) is 9.50 Å². The average molecular weight is 178 g/mol. The molecule has 0 aromatic carbocycles. The minimum absolute atomic E-state index is 0.418. The summed E-state index contributed by atoms with van der Waals surface area (Å²) in [6, 6.07) is 3.55. The molecule has 0 fully saturated rings. The highest BCUT2D eigenvalue weighted by molar-refractivity contribution is 5.50. The Labute approximate surface area is 75.1 Å². The fourth-order valence-corrected chi connectivity index (χ4v) is 1.13. The smallest absolute Gasteiger partial charge is 0.177 e. The number of anilines is 1. The number of nitrogens with zero attached hydrogens (tertiary/aromatic N) is 3. The third-order valence-electron chi connectivity index (χ3n) is 1.68. The van der Waals surface area contributed by atoms with E-state index in [1.165, 1.54) is 0 Å². The van der Waals surface area contributed by atoms with Gasteiger partial charge in [-0.2, -0.15) is 0 Å². The molecule has 0 atom stereocenters. The van der Waals surface area contributed by atoms with E-state index in [1.807, 2.05) is 0 Å². The van der Waals surface area contributed by atoms with Gasteiger partial charge in [-0.1, -0.05) is 0 Å². The molecule has 68 valence electrons. The van der Waals surface area contributed by atoms with Crippen molar-refractivity contribution in [3.63, 3.8) is 0 Å². The van der Waals surface area contributed by atoms with E-state index in [1.54, 1.807) is 30.0 Å². The molecule has 0 saturated carbocycles. The van der Waals surface area contributed by atoms with Gasteiger partial charge in [-0.3, -0.25) is 0 Å². The first-order chi connectivity index (χ1) is 6.29. The van der Waals surface area contributed by atoms with Crippen molar-refractivity contribution in [3.05, 3.63) is 24.2 Å². The maximum atomic E-state index is 5.59. The zero-order valence-corrected chi connectivity index (χ0v) is 7.27. The zero-order valence-electron chi connectivity index (χ0n) is 7.27. The fraction of sp³-hybridized carbons (Fsp3) is 0.250. The van der Waals surface area contributed by atoms with Crippen LogP contribution >= 0.6 is 0 Å². The van der Waals surface area contributed by atoms with Crippen LogP contribution in [0.2, 0.25) is 0 Å². The topological polar surface area (TPSA) is 65.4 Å². The maximum Gasteiger partial charge on any atom is 0.177 e. The average Bonchev–Trinajstić information content (AvgIpc) is 2.46. The van der Waals surface area contributed by atoms with Crippen LogP contribution in [0.4, 0.5) is 5.69 Å². The van der Waals surface area contributed by atoms with Gasteiger partial charge in [0.15, 0.2) is 11.5 Å². The molecule has 0 bridgehead atoms. The van der Waals surface area contributed by atoms with Crippen LogP contribution in [0.5, 0.6) is 0 Å². The largest absolute Gasteiger partial charge is 0.399 e. The number of aromatic nitrogens is 3. The zero-order chi connectivity index (χ0) is 9.26. The molecule has 2 rings (SSSR count). The van der Waals surface area contributed by atoms with Crippen molar-refractivity contribution < 1.29 is 4.74 Å². The van der Waals surface area contributed by atoms with Crippen LogP contribution in [0.1, 0.15) is 5.82 Å². The summed E-state index contributed by atoms with van der Waals surface area (Å²) in [6.45, 7) is 0.418. The Morgan fingerprint density at radius 1 is 1.62 bits per heavy atom. The molecule has 0 radical (unpaired) electrons. The molecule has 13 heavy (non-hydrogen) atoms. The molecular weight excluding hydrogens is 168 g/mol. The van der Waals surface area contributed by atoms with Crippen LogP contribution in [0, 0.1) is 0 Å². The number of hydrogen-bond donors (Lipinski definition) is 1. The molecule has 2 N–H and O–H groups in total. The van der Waals surface area contributed by atoms with Crippen molar-refractivity contribution in [3.8, 4) is 0 Å². The summed E-state index contributed by atoms with van der Waals surface area (Å²) in [5.74, 6) is 0.660. The van der Waals surface area contributed by atoms with Gasteiger partial charge < -0.3 is 10.5 Å². The second kappa shape index (κ2) is 3.02. The number of methoxy groups -OCH3 is 1. The van der Waals surface area contributed by atoms with E-state index < -0.39 is 0 Å². The van der Waals surface area contributed by atoms with E-state index in [-0.39, 0.29) is 0 Å². The number of nitrogen functional groups attached to an aromatic ring is 1. The van der Waals surface area contributed by atoms with Crippen LogP contribution in [0.15, 0.2) is 18.3 Å². The summed E-state index contributed by atoms with van der Waals surface area (Å²) >= 11 is 0. The van der Waals surface area contributed by atoms with Gasteiger partial charge in [-0.05, 0) is 6.07 Å². The summed E-state index contributed by atoms with van der Waals surface area (Å²) in [6.07, 6.45) is 1.77. The fourth-order valence-electron chi connectivity index (χ4n) is 1.13. The third-order valence-corrected chi connectivity index (χ3v) is 1.68. The quantitative estimate of drug-likeness (QED) is 0.725. The Hall–Kier alpha value is -1.62. The van der Waals surface area contributed by atoms with E-state index >= 15 is 0 Å². The van der Waals surface area contributed by atoms with Crippen molar-refractivity contribution in [1.29, 1.82) is 0 Å². The molecule has 0 aliphatic carbocycles. The molecule has 0 spiro atoms. The Bertz CT molecular complexity index is 423. The molecule has 2 heterocycles. The van der Waals surface area contributed by atoms with Crippen molar-refractivity contribution in [2.75, 3.05) is 12.8 Å². The Morgan fingerprint density at radius 3 is 3.23 bits per heavy atom. The lowest BCUT2D eigenvalue weighted by Gasteiger charge is -1.91.